The highest BCUT2D eigenvalue weighted by Gasteiger charge is 2.24. The van der Waals surface area contributed by atoms with Gasteiger partial charge in [-0.2, -0.15) is 0 Å². The van der Waals surface area contributed by atoms with E-state index in [0.717, 1.165) is 61.4 Å². The molecule has 1 aliphatic rings. The highest BCUT2D eigenvalue weighted by atomic mass is 127. The minimum atomic E-state index is 0. The van der Waals surface area contributed by atoms with Crippen molar-refractivity contribution in [3.8, 4) is 17.2 Å². The Morgan fingerprint density at radius 1 is 1.06 bits per heavy atom. The van der Waals surface area contributed by atoms with Crippen LogP contribution < -0.4 is 29.7 Å². The van der Waals surface area contributed by atoms with E-state index in [1.807, 2.05) is 37.3 Å². The van der Waals surface area contributed by atoms with Crippen molar-refractivity contribution in [3.05, 3.63) is 42.5 Å². The molecule has 8 heteroatoms. The number of hydrogen-bond donors (Lipinski definition) is 2. The Morgan fingerprint density at radius 3 is 2.56 bits per heavy atom. The predicted molar refractivity (Wildman–Crippen MR) is 142 cm³/mol. The lowest BCUT2D eigenvalue weighted by atomic mass is 10.1. The van der Waals surface area contributed by atoms with Crippen molar-refractivity contribution in [1.29, 1.82) is 0 Å². The number of nitrogens with one attached hydrogen (secondary N) is 2. The lowest BCUT2D eigenvalue weighted by molar-refractivity contribution is 0.311. The van der Waals surface area contributed by atoms with Crippen LogP contribution >= 0.6 is 24.0 Å². The van der Waals surface area contributed by atoms with Crippen molar-refractivity contribution in [2.45, 2.75) is 20.3 Å². The van der Waals surface area contributed by atoms with Gasteiger partial charge < -0.3 is 29.7 Å². The third-order valence-electron chi connectivity index (χ3n) is 5.29. The van der Waals surface area contributed by atoms with Gasteiger partial charge in [-0.3, -0.25) is 4.99 Å². The van der Waals surface area contributed by atoms with Crippen molar-refractivity contribution < 1.29 is 14.2 Å². The van der Waals surface area contributed by atoms with Crippen LogP contribution in [0, 0.1) is 5.92 Å². The first-order chi connectivity index (χ1) is 15.2. The monoisotopic (exact) mass is 554 g/mol. The lowest BCUT2D eigenvalue weighted by Gasteiger charge is -2.21. The van der Waals surface area contributed by atoms with Crippen molar-refractivity contribution in [2.75, 3.05) is 57.2 Å². The van der Waals surface area contributed by atoms with Gasteiger partial charge in [0.1, 0.15) is 5.75 Å². The summed E-state index contributed by atoms with van der Waals surface area (Å²) in [7, 11) is 3.37. The van der Waals surface area contributed by atoms with E-state index in [2.05, 4.69) is 34.6 Å². The molecule has 3 rings (SSSR count). The minimum absolute atomic E-state index is 0. The van der Waals surface area contributed by atoms with Gasteiger partial charge in [0.05, 0.1) is 26.5 Å². The molecule has 0 aromatic heterocycles. The SMILES string of the molecule is CCNC(=NCC1CCN(c2ccccc2OC)C1)Nc1ccc(OC)c(OCC)c1.I. The molecule has 1 saturated heterocycles. The van der Waals surface area contributed by atoms with Crippen LogP contribution in [0.25, 0.3) is 0 Å². The molecule has 0 aliphatic carbocycles. The second-order valence-electron chi connectivity index (χ2n) is 7.42. The fourth-order valence-electron chi connectivity index (χ4n) is 3.78. The Balaban J connectivity index is 0.00000363. The normalized spacial score (nSPS) is 15.7. The van der Waals surface area contributed by atoms with Crippen LogP contribution in [0.15, 0.2) is 47.5 Å². The number of ether oxygens (including phenoxy) is 3. The van der Waals surface area contributed by atoms with Gasteiger partial charge in [-0.05, 0) is 50.5 Å². The highest BCUT2D eigenvalue weighted by Crippen LogP contribution is 2.32. The molecule has 0 spiro atoms. The van der Waals surface area contributed by atoms with E-state index >= 15 is 0 Å². The van der Waals surface area contributed by atoms with Crippen LogP contribution in [0.5, 0.6) is 17.2 Å². The Hall–Kier alpha value is -2.36. The smallest absolute Gasteiger partial charge is 0.195 e. The summed E-state index contributed by atoms with van der Waals surface area (Å²) in [5.74, 6) is 3.62. The largest absolute Gasteiger partial charge is 0.495 e. The maximum atomic E-state index is 5.68. The molecule has 2 aromatic carbocycles. The van der Waals surface area contributed by atoms with Crippen molar-refractivity contribution in [2.24, 2.45) is 10.9 Å². The summed E-state index contributed by atoms with van der Waals surface area (Å²) in [6, 6.07) is 14.0. The van der Waals surface area contributed by atoms with Crippen molar-refractivity contribution >= 4 is 41.3 Å². The summed E-state index contributed by atoms with van der Waals surface area (Å²) in [5, 5.41) is 6.71. The number of halogens is 1. The minimum Gasteiger partial charge on any atom is -0.495 e. The van der Waals surface area contributed by atoms with Crippen molar-refractivity contribution in [1.82, 2.24) is 5.32 Å². The molecule has 1 unspecified atom stereocenters. The quantitative estimate of drug-likeness (QED) is 0.268. The van der Waals surface area contributed by atoms with Gasteiger partial charge in [-0.15, -0.1) is 24.0 Å². The fraction of sp³-hybridized carbons (Fsp3) is 0.458. The zero-order chi connectivity index (χ0) is 22.1. The molecule has 32 heavy (non-hydrogen) atoms. The maximum Gasteiger partial charge on any atom is 0.195 e. The molecule has 1 atom stereocenters. The van der Waals surface area contributed by atoms with Gasteiger partial charge in [0.15, 0.2) is 17.5 Å². The molecule has 1 aliphatic heterocycles. The summed E-state index contributed by atoms with van der Waals surface area (Å²) >= 11 is 0. The molecule has 1 fully saturated rings. The van der Waals surface area contributed by atoms with Gasteiger partial charge in [-0.25, -0.2) is 0 Å². The maximum absolute atomic E-state index is 5.68. The van der Waals surface area contributed by atoms with Gasteiger partial charge in [0, 0.05) is 37.9 Å². The third-order valence-corrected chi connectivity index (χ3v) is 5.29. The average molecular weight is 554 g/mol. The molecular weight excluding hydrogens is 519 g/mol. The number of hydrogen-bond acceptors (Lipinski definition) is 5. The van der Waals surface area contributed by atoms with Crippen molar-refractivity contribution in [3.63, 3.8) is 0 Å². The van der Waals surface area contributed by atoms with Crippen LogP contribution in [0.4, 0.5) is 11.4 Å². The lowest BCUT2D eigenvalue weighted by Crippen LogP contribution is -2.31. The second-order valence-corrected chi connectivity index (χ2v) is 7.42. The molecule has 0 amide bonds. The van der Waals surface area contributed by atoms with Gasteiger partial charge in [0.2, 0.25) is 0 Å². The second kappa shape index (κ2) is 13.2. The summed E-state index contributed by atoms with van der Waals surface area (Å²) < 4.78 is 16.6. The summed E-state index contributed by atoms with van der Waals surface area (Å²) in [6.07, 6.45) is 1.11. The molecular formula is C24H35IN4O3. The highest BCUT2D eigenvalue weighted by molar-refractivity contribution is 14.0. The fourth-order valence-corrected chi connectivity index (χ4v) is 3.78. The summed E-state index contributed by atoms with van der Waals surface area (Å²) in [6.45, 7) is 8.14. The number of methoxy groups -OCH3 is 2. The molecule has 176 valence electrons. The van der Waals surface area contributed by atoms with Crippen LogP contribution in [-0.2, 0) is 0 Å². The number of nitrogens with zero attached hydrogens (tertiary/aromatic N) is 2. The Labute approximate surface area is 208 Å². The van der Waals surface area contributed by atoms with E-state index in [9.17, 15) is 0 Å². The van der Waals surface area contributed by atoms with Crippen LogP contribution in [-0.4, -0.2) is 53.0 Å². The third kappa shape index (κ3) is 6.82. The molecule has 2 aromatic rings. The molecule has 2 N–H and O–H groups in total. The molecule has 0 radical (unpaired) electrons. The van der Waals surface area contributed by atoms with E-state index < -0.39 is 0 Å². The number of para-hydroxylation sites is 2. The summed E-state index contributed by atoms with van der Waals surface area (Å²) in [5.41, 5.74) is 2.06. The first-order valence-electron chi connectivity index (χ1n) is 10.9. The van der Waals surface area contributed by atoms with E-state index in [0.29, 0.717) is 18.3 Å². The van der Waals surface area contributed by atoms with Crippen LogP contribution in [0.2, 0.25) is 0 Å². The van der Waals surface area contributed by atoms with Gasteiger partial charge in [0.25, 0.3) is 0 Å². The van der Waals surface area contributed by atoms with E-state index in [-0.39, 0.29) is 24.0 Å². The average Bonchev–Trinajstić information content (AvgIpc) is 3.27. The predicted octanol–water partition coefficient (Wildman–Crippen LogP) is 4.62. The zero-order valence-electron chi connectivity index (χ0n) is 19.4. The number of anilines is 2. The molecule has 0 bridgehead atoms. The van der Waals surface area contributed by atoms with Gasteiger partial charge in [-0.1, -0.05) is 12.1 Å². The van der Waals surface area contributed by atoms with Crippen LogP contribution in [0.1, 0.15) is 20.3 Å². The molecule has 1 heterocycles. The molecule has 7 nitrogen and oxygen atoms in total. The summed E-state index contributed by atoms with van der Waals surface area (Å²) in [4.78, 5) is 7.23. The number of guanidine groups is 1. The Morgan fingerprint density at radius 2 is 1.84 bits per heavy atom. The topological polar surface area (TPSA) is 67.4 Å². The zero-order valence-corrected chi connectivity index (χ0v) is 21.7. The Kier molecular flexibility index (Phi) is 10.7. The van der Waals surface area contributed by atoms with E-state index in [4.69, 9.17) is 19.2 Å². The number of benzene rings is 2. The number of rotatable bonds is 9. The van der Waals surface area contributed by atoms with Gasteiger partial charge >= 0.3 is 0 Å². The Bertz CT molecular complexity index is 878. The standard InChI is InChI=1S/C24H34N4O3.HI/c1-5-25-24(27-19-11-12-22(30-4)23(15-19)31-6-2)26-16-18-13-14-28(17-18)20-9-7-8-10-21(20)29-3;/h7-12,15,18H,5-6,13-14,16-17H2,1-4H3,(H2,25,26,27);1H. The number of aliphatic imine (C=N–C) groups is 1. The first-order valence-corrected chi connectivity index (χ1v) is 10.9. The van der Waals surface area contributed by atoms with E-state index in [1.165, 1.54) is 0 Å². The first kappa shape index (κ1) is 25.9. The van der Waals surface area contributed by atoms with Crippen LogP contribution in [0.3, 0.4) is 0 Å². The van der Waals surface area contributed by atoms with E-state index in [1.54, 1.807) is 14.2 Å². The molecule has 0 saturated carbocycles.